The van der Waals surface area contributed by atoms with Crippen LogP contribution < -0.4 is 0 Å². The van der Waals surface area contributed by atoms with Gasteiger partial charge < -0.3 is 0 Å². The van der Waals surface area contributed by atoms with Crippen molar-refractivity contribution in [1.29, 1.82) is 0 Å². The molecule has 0 amide bonds. The molecule has 0 unspecified atom stereocenters. The van der Waals surface area contributed by atoms with Crippen LogP contribution >= 0.6 is 0 Å². The second kappa shape index (κ2) is 11.0. The van der Waals surface area contributed by atoms with Crippen molar-refractivity contribution in [2.24, 2.45) is 0 Å². The van der Waals surface area contributed by atoms with Gasteiger partial charge in [-0.15, -0.1) is 0 Å². The van der Waals surface area contributed by atoms with Gasteiger partial charge in [0.25, 0.3) is 0 Å². The van der Waals surface area contributed by atoms with Crippen LogP contribution in [0.15, 0.2) is 176 Å². The molecular weight excluding hydrogens is 635 g/mol. The molecule has 1 spiro atoms. The Morgan fingerprint density at radius 1 is 0.346 bits per heavy atom. The van der Waals surface area contributed by atoms with Gasteiger partial charge in [0.05, 0.1) is 16.7 Å². The van der Waals surface area contributed by atoms with Crippen LogP contribution in [-0.4, -0.2) is 24.5 Å². The van der Waals surface area contributed by atoms with Crippen LogP contribution in [0.4, 0.5) is 0 Å². The van der Waals surface area contributed by atoms with Crippen molar-refractivity contribution in [2.75, 3.05) is 0 Å². The lowest BCUT2D eigenvalue weighted by Crippen LogP contribution is -2.27. The number of hydrogen-bond donors (Lipinski definition) is 0. The highest BCUT2D eigenvalue weighted by atomic mass is 15.1. The molecule has 2 aromatic heterocycles. The summed E-state index contributed by atoms with van der Waals surface area (Å²) in [7, 11) is 0. The van der Waals surface area contributed by atoms with Crippen LogP contribution in [0.3, 0.4) is 0 Å². The van der Waals surface area contributed by atoms with E-state index in [4.69, 9.17) is 19.9 Å². The molecule has 5 heteroatoms. The first kappa shape index (κ1) is 28.8. The number of fused-ring (bicyclic) bond motifs is 12. The predicted molar refractivity (Wildman–Crippen MR) is 207 cm³/mol. The molecule has 0 saturated heterocycles. The first-order valence-corrected chi connectivity index (χ1v) is 17.6. The fourth-order valence-electron chi connectivity index (χ4n) is 8.45. The molecule has 9 aromatic rings. The standard InChI is InChI=1S/C47H29N5/c1-3-14-31(15-4-1)43-49-44(32-16-5-2-6-17-32)51-45(50-43)33-28-26-30(27-29-33)34-20-13-23-39-42(34)52-41-25-12-11-24-40(41)48-46(52)47(39)37-21-9-7-18-35(37)36-19-8-10-22-38(36)47/h1-29H. The highest BCUT2D eigenvalue weighted by Gasteiger charge is 2.54. The van der Waals surface area contributed by atoms with E-state index in [9.17, 15) is 0 Å². The quantitative estimate of drug-likeness (QED) is 0.188. The molecule has 0 fully saturated rings. The second-order valence-corrected chi connectivity index (χ2v) is 13.4. The van der Waals surface area contributed by atoms with E-state index in [1.807, 2.05) is 60.7 Å². The summed E-state index contributed by atoms with van der Waals surface area (Å²) in [6, 6.07) is 61.8. The Balaban J connectivity index is 1.11. The van der Waals surface area contributed by atoms with Crippen molar-refractivity contribution in [3.8, 4) is 62.1 Å². The van der Waals surface area contributed by atoms with Crippen molar-refractivity contribution in [1.82, 2.24) is 24.5 Å². The summed E-state index contributed by atoms with van der Waals surface area (Å²) in [5.41, 5.74) is 14.2. The van der Waals surface area contributed by atoms with E-state index in [1.54, 1.807) is 0 Å². The fraction of sp³-hybridized carbons (Fsp3) is 0.0213. The molecular formula is C47H29N5. The van der Waals surface area contributed by atoms with Crippen molar-refractivity contribution in [2.45, 2.75) is 5.41 Å². The van der Waals surface area contributed by atoms with Gasteiger partial charge in [-0.1, -0.05) is 164 Å². The van der Waals surface area contributed by atoms with Gasteiger partial charge in [0.15, 0.2) is 17.5 Å². The van der Waals surface area contributed by atoms with E-state index < -0.39 is 5.41 Å². The summed E-state index contributed by atoms with van der Waals surface area (Å²) in [4.78, 5) is 20.3. The zero-order valence-corrected chi connectivity index (χ0v) is 28.0. The summed E-state index contributed by atoms with van der Waals surface area (Å²) >= 11 is 0. The van der Waals surface area contributed by atoms with Crippen molar-refractivity contribution >= 4 is 11.0 Å². The zero-order valence-electron chi connectivity index (χ0n) is 28.0. The SMILES string of the molecule is c1ccc(-c2nc(-c3ccccc3)nc(-c3ccc(-c4cccc5c4-n4c(nc6ccccc64)C54c5ccccc5-c5ccccc54)cc3)n2)cc1. The van der Waals surface area contributed by atoms with Crippen LogP contribution in [0.1, 0.15) is 22.5 Å². The molecule has 1 aliphatic heterocycles. The minimum Gasteiger partial charge on any atom is -0.294 e. The summed E-state index contributed by atoms with van der Waals surface area (Å²) < 4.78 is 2.41. The third kappa shape index (κ3) is 3.99. The molecule has 0 bridgehead atoms. The van der Waals surface area contributed by atoms with Crippen molar-refractivity contribution in [3.63, 3.8) is 0 Å². The number of rotatable bonds is 4. The normalized spacial score (nSPS) is 13.2. The lowest BCUT2D eigenvalue weighted by atomic mass is 9.72. The Morgan fingerprint density at radius 2 is 0.808 bits per heavy atom. The van der Waals surface area contributed by atoms with Gasteiger partial charge in [-0.3, -0.25) is 4.57 Å². The summed E-state index contributed by atoms with van der Waals surface area (Å²) in [6.07, 6.45) is 0. The smallest absolute Gasteiger partial charge is 0.164 e. The van der Waals surface area contributed by atoms with E-state index in [0.29, 0.717) is 17.5 Å². The van der Waals surface area contributed by atoms with Gasteiger partial charge in [0.1, 0.15) is 11.2 Å². The predicted octanol–water partition coefficient (Wildman–Crippen LogP) is 10.6. The molecule has 1 aliphatic carbocycles. The van der Waals surface area contributed by atoms with E-state index in [2.05, 4.69) is 120 Å². The Bertz CT molecular complexity index is 2740. The monoisotopic (exact) mass is 663 g/mol. The third-order valence-corrected chi connectivity index (χ3v) is 10.7. The van der Waals surface area contributed by atoms with E-state index in [-0.39, 0.29) is 0 Å². The number of para-hydroxylation sites is 3. The molecule has 3 heterocycles. The molecule has 2 aliphatic rings. The van der Waals surface area contributed by atoms with E-state index in [1.165, 1.54) is 33.5 Å². The largest absolute Gasteiger partial charge is 0.294 e. The van der Waals surface area contributed by atoms with Crippen molar-refractivity contribution < 1.29 is 0 Å². The minimum atomic E-state index is -0.538. The molecule has 7 aromatic carbocycles. The average molecular weight is 664 g/mol. The Labute approximate surface area is 300 Å². The van der Waals surface area contributed by atoms with E-state index in [0.717, 1.165) is 44.7 Å². The second-order valence-electron chi connectivity index (χ2n) is 13.4. The molecule has 11 rings (SSSR count). The number of benzene rings is 7. The minimum absolute atomic E-state index is 0.538. The van der Waals surface area contributed by atoms with Gasteiger partial charge in [0, 0.05) is 22.3 Å². The number of hydrogen-bond acceptors (Lipinski definition) is 4. The fourth-order valence-corrected chi connectivity index (χ4v) is 8.45. The Kier molecular flexibility index (Phi) is 6.10. The van der Waals surface area contributed by atoms with Crippen LogP contribution in [0.5, 0.6) is 0 Å². The summed E-state index contributed by atoms with van der Waals surface area (Å²) in [5, 5.41) is 0. The summed E-state index contributed by atoms with van der Waals surface area (Å²) in [6.45, 7) is 0. The molecule has 5 nitrogen and oxygen atoms in total. The topological polar surface area (TPSA) is 56.5 Å². The third-order valence-electron chi connectivity index (χ3n) is 10.7. The van der Waals surface area contributed by atoms with Crippen LogP contribution in [0, 0.1) is 0 Å². The average Bonchev–Trinajstić information content (AvgIpc) is 3.85. The summed E-state index contributed by atoms with van der Waals surface area (Å²) in [5.74, 6) is 2.98. The van der Waals surface area contributed by atoms with Crippen LogP contribution in [-0.2, 0) is 5.41 Å². The highest BCUT2D eigenvalue weighted by Crippen LogP contribution is 2.61. The van der Waals surface area contributed by atoms with Gasteiger partial charge in [-0.2, -0.15) is 0 Å². The highest BCUT2D eigenvalue weighted by molar-refractivity contribution is 5.94. The lowest BCUT2D eigenvalue weighted by Gasteiger charge is -2.27. The van der Waals surface area contributed by atoms with Gasteiger partial charge in [0.2, 0.25) is 0 Å². The molecule has 0 N–H and O–H groups in total. The molecule has 0 saturated carbocycles. The van der Waals surface area contributed by atoms with Gasteiger partial charge >= 0.3 is 0 Å². The maximum Gasteiger partial charge on any atom is 0.164 e. The lowest BCUT2D eigenvalue weighted by molar-refractivity contribution is 0.738. The first-order valence-electron chi connectivity index (χ1n) is 17.6. The molecule has 52 heavy (non-hydrogen) atoms. The number of aromatic nitrogens is 5. The van der Waals surface area contributed by atoms with Gasteiger partial charge in [-0.25, -0.2) is 19.9 Å². The van der Waals surface area contributed by atoms with Crippen LogP contribution in [0.2, 0.25) is 0 Å². The molecule has 0 atom stereocenters. The maximum atomic E-state index is 5.44. The number of imidazole rings is 1. The first-order chi connectivity index (χ1) is 25.8. The van der Waals surface area contributed by atoms with E-state index >= 15 is 0 Å². The Hall–Kier alpha value is -6.98. The van der Waals surface area contributed by atoms with Gasteiger partial charge in [-0.05, 0) is 45.5 Å². The Morgan fingerprint density at radius 3 is 1.42 bits per heavy atom. The molecule has 242 valence electrons. The number of nitrogens with zero attached hydrogens (tertiary/aromatic N) is 5. The molecule has 0 radical (unpaired) electrons. The zero-order chi connectivity index (χ0) is 34.2. The maximum absolute atomic E-state index is 5.44. The van der Waals surface area contributed by atoms with Crippen LogP contribution in [0.25, 0.3) is 73.1 Å². The van der Waals surface area contributed by atoms with Crippen molar-refractivity contribution in [3.05, 3.63) is 198 Å².